The first kappa shape index (κ1) is 24.4. The van der Waals surface area contributed by atoms with Crippen LogP contribution in [0, 0.1) is 0 Å². The van der Waals surface area contributed by atoms with Crippen LogP contribution in [0.4, 0.5) is 5.95 Å². The highest BCUT2D eigenvalue weighted by Crippen LogP contribution is 2.51. The van der Waals surface area contributed by atoms with Gasteiger partial charge in [0, 0.05) is 19.8 Å². The summed E-state index contributed by atoms with van der Waals surface area (Å²) in [5.74, 6) is 0.0497. The molecular formula is C18H24N5O7PS. The summed E-state index contributed by atoms with van der Waals surface area (Å²) in [5.41, 5.74) is -0.287. The van der Waals surface area contributed by atoms with Gasteiger partial charge in [0.1, 0.15) is 12.2 Å². The molecule has 0 bridgehead atoms. The topological polar surface area (TPSA) is 174 Å². The van der Waals surface area contributed by atoms with Crippen LogP contribution in [-0.2, 0) is 9.30 Å². The standard InChI is InChI=1S/C12H18N5O7PS.C6H6/c1-16(2)12-14-9-6(10(20)15-12)13-4-17(9)11-8(19)7(18)5(24-11)3-26-25(21,22)23;1-2-4-6-5-3-1/h4-5,7-8,11,18-19H,3H2,1-2H3,(H,14,15,20)(H2,21,22,23);1-6H/t5-,7?,8?,11-;/m1./s1. The molecule has 1 saturated heterocycles. The summed E-state index contributed by atoms with van der Waals surface area (Å²) in [6, 6.07) is 12.0. The third kappa shape index (κ3) is 5.75. The summed E-state index contributed by atoms with van der Waals surface area (Å²) in [6.45, 7) is -4.35. The smallest absolute Gasteiger partial charge is 0.384 e. The molecule has 2 unspecified atom stereocenters. The van der Waals surface area contributed by atoms with Crippen LogP contribution in [0.25, 0.3) is 11.2 Å². The Morgan fingerprint density at radius 3 is 2.28 bits per heavy atom. The zero-order chi connectivity index (χ0) is 23.5. The number of anilines is 1. The molecule has 3 heterocycles. The first-order chi connectivity index (χ1) is 15.1. The second-order valence-electron chi connectivity index (χ2n) is 7.10. The molecule has 0 amide bonds. The lowest BCUT2D eigenvalue weighted by molar-refractivity contribution is -0.0288. The van der Waals surface area contributed by atoms with Crippen molar-refractivity contribution in [2.45, 2.75) is 24.5 Å². The second kappa shape index (κ2) is 10.1. The lowest BCUT2D eigenvalue weighted by Crippen LogP contribution is -2.32. The summed E-state index contributed by atoms with van der Waals surface area (Å²) >= 11 is 0.317. The summed E-state index contributed by atoms with van der Waals surface area (Å²) in [4.78, 5) is 42.4. The van der Waals surface area contributed by atoms with Crippen LogP contribution in [0.2, 0.25) is 0 Å². The van der Waals surface area contributed by atoms with Crippen LogP contribution < -0.4 is 10.5 Å². The van der Waals surface area contributed by atoms with Gasteiger partial charge in [-0.05, 0) is 11.4 Å². The zero-order valence-electron chi connectivity index (χ0n) is 17.2. The van der Waals surface area contributed by atoms with Crippen molar-refractivity contribution in [2.75, 3.05) is 24.7 Å². The number of nitrogens with one attached hydrogen (secondary N) is 1. The Bertz CT molecular complexity index is 1110. The number of fused-ring (bicyclic) bond motifs is 1. The number of hydrogen-bond acceptors (Lipinski definition) is 9. The minimum absolute atomic E-state index is 0.0360. The number of benzene rings is 1. The third-order valence-corrected chi connectivity index (χ3v) is 6.80. The molecule has 32 heavy (non-hydrogen) atoms. The highest BCUT2D eigenvalue weighted by molar-refractivity contribution is 8.54. The number of rotatable bonds is 5. The maximum Gasteiger partial charge on any atom is 0.384 e. The summed E-state index contributed by atoms with van der Waals surface area (Å²) in [6.07, 6.45) is -3.63. The molecule has 1 fully saturated rings. The zero-order valence-corrected chi connectivity index (χ0v) is 18.9. The Morgan fingerprint density at radius 2 is 1.75 bits per heavy atom. The maximum atomic E-state index is 12.1. The van der Waals surface area contributed by atoms with Gasteiger partial charge in [-0.2, -0.15) is 4.98 Å². The number of nitrogens with zero attached hydrogens (tertiary/aromatic N) is 4. The first-order valence-corrected chi connectivity index (χ1v) is 12.6. The SMILES string of the molecule is CN(C)c1nc2c(ncn2[C@@H]2O[C@H](CSP(=O)(O)O)C(O)C2O)c(=O)[nH]1.c1ccccc1. The normalized spacial score (nSPS) is 23.1. The largest absolute Gasteiger partial charge is 0.387 e. The van der Waals surface area contributed by atoms with E-state index in [0.717, 1.165) is 0 Å². The van der Waals surface area contributed by atoms with Gasteiger partial charge in [-0.1, -0.05) is 36.4 Å². The third-order valence-electron chi connectivity index (χ3n) is 4.53. The number of aliphatic hydroxyl groups excluding tert-OH is 2. The first-order valence-electron chi connectivity index (χ1n) is 9.44. The van der Waals surface area contributed by atoms with E-state index in [0.29, 0.717) is 11.4 Å². The molecule has 12 nitrogen and oxygen atoms in total. The van der Waals surface area contributed by atoms with E-state index in [1.807, 2.05) is 36.4 Å². The van der Waals surface area contributed by atoms with Gasteiger partial charge in [0.15, 0.2) is 17.4 Å². The van der Waals surface area contributed by atoms with Gasteiger partial charge in [0.2, 0.25) is 5.95 Å². The minimum atomic E-state index is -4.35. The summed E-state index contributed by atoms with van der Waals surface area (Å²) in [7, 11) is 3.37. The fourth-order valence-corrected chi connectivity index (χ4v) is 4.60. The van der Waals surface area contributed by atoms with Gasteiger partial charge in [0.05, 0.1) is 12.4 Å². The molecule has 5 N–H and O–H groups in total. The van der Waals surface area contributed by atoms with Crippen molar-refractivity contribution in [3.63, 3.8) is 0 Å². The molecule has 4 atom stereocenters. The number of hydrogen-bond donors (Lipinski definition) is 5. The van der Waals surface area contributed by atoms with Crippen molar-refractivity contribution in [3.05, 3.63) is 53.1 Å². The van der Waals surface area contributed by atoms with E-state index >= 15 is 0 Å². The van der Waals surface area contributed by atoms with E-state index in [1.54, 1.807) is 19.0 Å². The lowest BCUT2D eigenvalue weighted by atomic mass is 10.1. The van der Waals surface area contributed by atoms with Gasteiger partial charge in [-0.15, -0.1) is 0 Å². The average Bonchev–Trinajstić information content (AvgIpc) is 3.29. The van der Waals surface area contributed by atoms with E-state index in [4.69, 9.17) is 14.5 Å². The van der Waals surface area contributed by atoms with Crippen molar-refractivity contribution < 1.29 is 29.3 Å². The number of aromatic nitrogens is 4. The molecule has 0 radical (unpaired) electrons. The molecule has 3 aromatic rings. The van der Waals surface area contributed by atoms with Crippen LogP contribution in [0.5, 0.6) is 0 Å². The van der Waals surface area contributed by atoms with Crippen molar-refractivity contribution >= 4 is 35.3 Å². The number of aromatic amines is 1. The molecule has 2 aromatic heterocycles. The average molecular weight is 485 g/mol. The van der Waals surface area contributed by atoms with Crippen LogP contribution >= 0.6 is 18.2 Å². The van der Waals surface area contributed by atoms with E-state index < -0.39 is 36.9 Å². The van der Waals surface area contributed by atoms with Gasteiger partial charge in [-0.3, -0.25) is 14.3 Å². The molecular weight excluding hydrogens is 461 g/mol. The Balaban J connectivity index is 0.000000416. The number of aliphatic hydroxyl groups is 2. The molecule has 0 saturated carbocycles. The van der Waals surface area contributed by atoms with E-state index in [-0.39, 0.29) is 22.9 Å². The van der Waals surface area contributed by atoms with Crippen molar-refractivity contribution in [1.29, 1.82) is 0 Å². The van der Waals surface area contributed by atoms with Crippen molar-refractivity contribution in [1.82, 2.24) is 19.5 Å². The Morgan fingerprint density at radius 1 is 1.16 bits per heavy atom. The molecule has 1 aliphatic heterocycles. The molecule has 14 heteroatoms. The van der Waals surface area contributed by atoms with Crippen molar-refractivity contribution in [2.24, 2.45) is 0 Å². The van der Waals surface area contributed by atoms with Crippen LogP contribution in [0.3, 0.4) is 0 Å². The number of ether oxygens (including phenoxy) is 1. The minimum Gasteiger partial charge on any atom is -0.387 e. The Hall–Kier alpha value is -2.25. The molecule has 0 spiro atoms. The van der Waals surface area contributed by atoms with Gasteiger partial charge in [0.25, 0.3) is 5.56 Å². The van der Waals surface area contributed by atoms with Crippen LogP contribution in [-0.4, -0.2) is 77.7 Å². The van der Waals surface area contributed by atoms with Crippen LogP contribution in [0.1, 0.15) is 6.23 Å². The fraction of sp³-hybridized carbons (Fsp3) is 0.389. The van der Waals surface area contributed by atoms with Gasteiger partial charge in [-0.25, -0.2) is 9.55 Å². The molecule has 1 aliphatic rings. The molecule has 1 aromatic carbocycles. The quantitative estimate of drug-likeness (QED) is 0.315. The fourth-order valence-electron chi connectivity index (χ4n) is 2.96. The maximum absolute atomic E-state index is 12.1. The highest BCUT2D eigenvalue weighted by atomic mass is 32.7. The number of imidazole rings is 1. The van der Waals surface area contributed by atoms with Crippen LogP contribution in [0.15, 0.2) is 47.5 Å². The van der Waals surface area contributed by atoms with E-state index in [1.165, 1.54) is 10.9 Å². The predicted molar refractivity (Wildman–Crippen MR) is 119 cm³/mol. The van der Waals surface area contributed by atoms with Gasteiger partial charge >= 0.3 is 6.80 Å². The van der Waals surface area contributed by atoms with Crippen molar-refractivity contribution in [3.8, 4) is 0 Å². The number of H-pyrrole nitrogens is 1. The van der Waals surface area contributed by atoms with Gasteiger partial charge < -0.3 is 29.6 Å². The molecule has 0 aliphatic carbocycles. The summed E-state index contributed by atoms with van der Waals surface area (Å²) < 4.78 is 17.9. The summed E-state index contributed by atoms with van der Waals surface area (Å²) in [5, 5.41) is 20.4. The Labute approximate surface area is 186 Å². The lowest BCUT2D eigenvalue weighted by Gasteiger charge is -2.17. The second-order valence-corrected chi connectivity index (χ2v) is 10.9. The van der Waals surface area contributed by atoms with E-state index in [2.05, 4.69) is 15.0 Å². The Kier molecular flexibility index (Phi) is 7.72. The molecule has 4 rings (SSSR count). The monoisotopic (exact) mass is 485 g/mol. The van der Waals surface area contributed by atoms with E-state index in [9.17, 15) is 19.6 Å². The highest BCUT2D eigenvalue weighted by Gasteiger charge is 2.45. The predicted octanol–water partition coefficient (Wildman–Crippen LogP) is 0.317. The molecule has 174 valence electrons.